The number of carbonyl (C=O) groups excluding carboxylic acids is 1. The van der Waals surface area contributed by atoms with Gasteiger partial charge in [0.1, 0.15) is 0 Å². The van der Waals surface area contributed by atoms with Gasteiger partial charge in [0, 0.05) is 36.6 Å². The van der Waals surface area contributed by atoms with Crippen molar-refractivity contribution in [2.75, 3.05) is 51.4 Å². The summed E-state index contributed by atoms with van der Waals surface area (Å²) in [7, 11) is 1.59. The number of halogens is 2. The van der Waals surface area contributed by atoms with Crippen LogP contribution in [-0.2, 0) is 4.74 Å². The molecule has 10 heteroatoms. The van der Waals surface area contributed by atoms with Crippen molar-refractivity contribution in [1.29, 1.82) is 0 Å². The minimum absolute atomic E-state index is 0. The highest BCUT2D eigenvalue weighted by Gasteiger charge is 2.26. The van der Waals surface area contributed by atoms with E-state index in [-0.39, 0.29) is 24.1 Å². The van der Waals surface area contributed by atoms with Crippen molar-refractivity contribution < 1.29 is 18.7 Å². The van der Waals surface area contributed by atoms with E-state index in [1.54, 1.807) is 18.1 Å². The van der Waals surface area contributed by atoms with Gasteiger partial charge in [-0.25, -0.2) is 4.98 Å². The largest absolute Gasteiger partial charge is 0.493 e. The molecular weight excluding hydrogens is 509 g/mol. The average Bonchev–Trinajstić information content (AvgIpc) is 3.49. The molecule has 0 radical (unpaired) electrons. The number of nitrogens with zero attached hydrogens (tertiary/aromatic N) is 3. The third-order valence-corrected chi connectivity index (χ3v) is 7.56. The Morgan fingerprint density at radius 2 is 2.06 bits per heavy atom. The summed E-state index contributed by atoms with van der Waals surface area (Å²) in [6.07, 6.45) is 0.810. The normalized spacial score (nSPS) is 14.3. The lowest BCUT2D eigenvalue weighted by atomic mass is 10.2. The zero-order valence-corrected chi connectivity index (χ0v) is 22.0. The number of amides is 1. The lowest BCUT2D eigenvalue weighted by molar-refractivity contribution is 0.0376. The van der Waals surface area contributed by atoms with Crippen LogP contribution in [0.3, 0.4) is 0 Å². The summed E-state index contributed by atoms with van der Waals surface area (Å²) >= 11 is 7.81. The van der Waals surface area contributed by atoms with Crippen molar-refractivity contribution >= 4 is 67.6 Å². The number of thiazole rings is 1. The van der Waals surface area contributed by atoms with Crippen LogP contribution in [0.15, 0.2) is 40.8 Å². The van der Waals surface area contributed by atoms with E-state index in [2.05, 4.69) is 4.90 Å². The number of hydrogen-bond acceptors (Lipinski definition) is 7. The first-order valence-corrected chi connectivity index (χ1v) is 12.5. The second kappa shape index (κ2) is 11.1. The highest BCUT2D eigenvalue weighted by molar-refractivity contribution is 7.22. The topological polar surface area (TPSA) is 68.0 Å². The predicted molar refractivity (Wildman–Crippen MR) is 143 cm³/mol. The number of hydrogen-bond donors (Lipinski definition) is 0. The summed E-state index contributed by atoms with van der Waals surface area (Å²) in [4.78, 5) is 22.6. The molecule has 0 N–H and O–H groups in total. The van der Waals surface area contributed by atoms with Gasteiger partial charge in [-0.3, -0.25) is 14.6 Å². The molecule has 35 heavy (non-hydrogen) atoms. The van der Waals surface area contributed by atoms with Crippen molar-refractivity contribution in [2.24, 2.45) is 0 Å². The van der Waals surface area contributed by atoms with Crippen molar-refractivity contribution in [1.82, 2.24) is 9.88 Å². The van der Waals surface area contributed by atoms with Crippen LogP contribution in [-0.4, -0.2) is 62.3 Å². The fraction of sp³-hybridized carbons (Fsp3) is 0.360. The van der Waals surface area contributed by atoms with Crippen molar-refractivity contribution in [3.63, 3.8) is 0 Å². The van der Waals surface area contributed by atoms with E-state index in [9.17, 15) is 4.79 Å². The van der Waals surface area contributed by atoms with Crippen molar-refractivity contribution in [3.8, 4) is 5.75 Å². The lowest BCUT2D eigenvalue weighted by Gasteiger charge is -2.27. The molecule has 2 aromatic heterocycles. The molecule has 1 aliphatic rings. The Morgan fingerprint density at radius 1 is 1.26 bits per heavy atom. The minimum Gasteiger partial charge on any atom is -0.493 e. The van der Waals surface area contributed by atoms with Crippen molar-refractivity contribution in [3.05, 3.63) is 52.7 Å². The van der Waals surface area contributed by atoms with E-state index in [1.807, 2.05) is 37.3 Å². The number of aromatic nitrogens is 1. The third kappa shape index (κ3) is 5.27. The maximum absolute atomic E-state index is 13.7. The Balaban J connectivity index is 0.00000289. The van der Waals surface area contributed by atoms with E-state index in [4.69, 9.17) is 30.5 Å². The summed E-state index contributed by atoms with van der Waals surface area (Å²) < 4.78 is 17.8. The van der Waals surface area contributed by atoms with Gasteiger partial charge < -0.3 is 13.9 Å². The fourth-order valence-corrected chi connectivity index (χ4v) is 5.40. The van der Waals surface area contributed by atoms with E-state index in [0.29, 0.717) is 28.0 Å². The highest BCUT2D eigenvalue weighted by Crippen LogP contribution is 2.35. The fourth-order valence-electron chi connectivity index (χ4n) is 4.20. The van der Waals surface area contributed by atoms with Gasteiger partial charge >= 0.3 is 0 Å². The first-order chi connectivity index (χ1) is 16.5. The maximum Gasteiger partial charge on any atom is 0.295 e. The number of ether oxygens (including phenoxy) is 2. The van der Waals surface area contributed by atoms with Crippen LogP contribution in [0.2, 0.25) is 5.02 Å². The molecule has 0 saturated carbocycles. The first-order valence-electron chi connectivity index (χ1n) is 11.3. The van der Waals surface area contributed by atoms with Crippen LogP contribution >= 0.6 is 35.3 Å². The number of methoxy groups -OCH3 is 1. The Bertz CT molecular complexity index is 1330. The molecule has 0 unspecified atom stereocenters. The number of para-hydroxylation sites is 1. The standard InChI is InChI=1S/C25H26ClN3O4S.ClH/c1-16-18(26)7-8-21-22(16)27-25(34-21)29(10-4-9-28-11-13-32-14-12-28)24(30)20-15-17-5-3-6-19(31-2)23(17)33-20;/h3,5-8,15H,4,9-14H2,1-2H3;1H. The zero-order chi connectivity index (χ0) is 23.7. The van der Waals surface area contributed by atoms with Crippen LogP contribution in [0.5, 0.6) is 5.75 Å². The SMILES string of the molecule is COc1cccc2cc(C(=O)N(CCCN3CCOCC3)c3nc4c(C)c(Cl)ccc4s3)oc12.Cl. The van der Waals surface area contributed by atoms with Gasteiger partial charge in [0.15, 0.2) is 22.2 Å². The monoisotopic (exact) mass is 535 g/mol. The molecule has 5 rings (SSSR count). The van der Waals surface area contributed by atoms with Gasteiger partial charge in [0.25, 0.3) is 5.91 Å². The van der Waals surface area contributed by atoms with Gasteiger partial charge in [-0.1, -0.05) is 35.1 Å². The Labute approximate surface area is 219 Å². The Hall–Kier alpha value is -2.36. The maximum atomic E-state index is 13.7. The van der Waals surface area contributed by atoms with E-state index >= 15 is 0 Å². The van der Waals surface area contributed by atoms with Crippen molar-refractivity contribution in [2.45, 2.75) is 13.3 Å². The number of anilines is 1. The number of benzene rings is 2. The zero-order valence-electron chi connectivity index (χ0n) is 19.6. The van der Waals surface area contributed by atoms with Crippen LogP contribution in [0.25, 0.3) is 21.2 Å². The molecule has 1 saturated heterocycles. The summed E-state index contributed by atoms with van der Waals surface area (Å²) in [5.74, 6) is 0.642. The third-order valence-electron chi connectivity index (χ3n) is 6.11. The van der Waals surface area contributed by atoms with Gasteiger partial charge in [0.05, 0.1) is 30.5 Å². The minimum atomic E-state index is -0.219. The first kappa shape index (κ1) is 25.7. The van der Waals surface area contributed by atoms with E-state index in [1.165, 1.54) is 11.3 Å². The van der Waals surface area contributed by atoms with Gasteiger partial charge in [-0.2, -0.15) is 0 Å². The van der Waals surface area contributed by atoms with E-state index in [0.717, 1.165) is 60.4 Å². The molecule has 7 nitrogen and oxygen atoms in total. The van der Waals surface area contributed by atoms with Crippen LogP contribution in [0.1, 0.15) is 22.5 Å². The van der Waals surface area contributed by atoms with Crippen LogP contribution in [0, 0.1) is 6.92 Å². The highest BCUT2D eigenvalue weighted by atomic mass is 35.5. The number of furan rings is 1. The molecule has 186 valence electrons. The van der Waals surface area contributed by atoms with E-state index < -0.39 is 0 Å². The molecule has 1 aliphatic heterocycles. The number of fused-ring (bicyclic) bond motifs is 2. The summed E-state index contributed by atoms with van der Waals surface area (Å²) in [6.45, 7) is 6.69. The molecule has 4 aromatic rings. The number of aryl methyl sites for hydroxylation is 1. The number of morpholine rings is 1. The van der Waals surface area contributed by atoms with Crippen LogP contribution in [0.4, 0.5) is 5.13 Å². The predicted octanol–water partition coefficient (Wildman–Crippen LogP) is 5.80. The number of carbonyl (C=O) groups is 1. The average molecular weight is 536 g/mol. The second-order valence-electron chi connectivity index (χ2n) is 8.27. The molecular formula is C25H27Cl2N3O4S. The van der Waals surface area contributed by atoms with Crippen LogP contribution < -0.4 is 9.64 Å². The molecule has 2 aromatic carbocycles. The van der Waals surface area contributed by atoms with Gasteiger partial charge in [0.2, 0.25) is 0 Å². The molecule has 1 fully saturated rings. The molecule has 3 heterocycles. The molecule has 0 atom stereocenters. The molecule has 0 bridgehead atoms. The summed E-state index contributed by atoms with van der Waals surface area (Å²) in [5, 5.41) is 2.13. The Kier molecular flexibility index (Phi) is 8.19. The smallest absolute Gasteiger partial charge is 0.295 e. The lowest BCUT2D eigenvalue weighted by Crippen LogP contribution is -2.39. The molecule has 0 spiro atoms. The number of rotatable bonds is 7. The Morgan fingerprint density at radius 3 is 2.83 bits per heavy atom. The van der Waals surface area contributed by atoms with Gasteiger partial charge in [-0.15, -0.1) is 12.4 Å². The van der Waals surface area contributed by atoms with Gasteiger partial charge in [-0.05, 0) is 43.2 Å². The quantitative estimate of drug-likeness (QED) is 0.297. The molecule has 0 aliphatic carbocycles. The summed E-state index contributed by atoms with van der Waals surface area (Å²) in [5.41, 5.74) is 2.30. The summed E-state index contributed by atoms with van der Waals surface area (Å²) in [6, 6.07) is 11.2. The molecule has 1 amide bonds. The second-order valence-corrected chi connectivity index (χ2v) is 9.69.